The average molecular weight is 293 g/mol. The molecule has 0 aliphatic carbocycles. The van der Waals surface area contributed by atoms with E-state index in [1.165, 1.54) is 0 Å². The molecule has 0 bridgehead atoms. The van der Waals surface area contributed by atoms with Gasteiger partial charge in [0.25, 0.3) is 0 Å². The fourth-order valence-corrected chi connectivity index (χ4v) is 1.94. The maximum Gasteiger partial charge on any atom is 0.162 e. The Morgan fingerprint density at radius 3 is 2.71 bits per heavy atom. The highest BCUT2D eigenvalue weighted by Gasteiger charge is 2.13. The minimum Gasteiger partial charge on any atom is -0.486 e. The van der Waals surface area contributed by atoms with Crippen LogP contribution in [0.5, 0.6) is 11.5 Å². The van der Waals surface area contributed by atoms with Gasteiger partial charge < -0.3 is 9.47 Å². The van der Waals surface area contributed by atoms with Crippen molar-refractivity contribution < 1.29 is 9.47 Å². The van der Waals surface area contributed by atoms with Crippen LogP contribution in [-0.4, -0.2) is 23.2 Å². The highest BCUT2D eigenvalue weighted by Crippen LogP contribution is 2.33. The third kappa shape index (κ3) is 2.10. The summed E-state index contributed by atoms with van der Waals surface area (Å²) < 4.78 is 11.7. The molecule has 0 radical (unpaired) electrons. The summed E-state index contributed by atoms with van der Waals surface area (Å²) >= 11 is 3.33. The average Bonchev–Trinajstić information content (AvgIpc) is 2.38. The van der Waals surface area contributed by atoms with Crippen LogP contribution >= 0.6 is 15.9 Å². The van der Waals surface area contributed by atoms with Gasteiger partial charge >= 0.3 is 0 Å². The van der Waals surface area contributed by atoms with Crippen molar-refractivity contribution in [2.75, 3.05) is 13.2 Å². The van der Waals surface area contributed by atoms with E-state index in [0.29, 0.717) is 19.0 Å². The Hall–Kier alpha value is -1.62. The molecule has 1 aliphatic heterocycles. The third-order valence-electron chi connectivity index (χ3n) is 2.42. The molecule has 2 heterocycles. The summed E-state index contributed by atoms with van der Waals surface area (Å²) in [6.07, 6.45) is 1.71. The molecule has 86 valence electrons. The highest BCUT2D eigenvalue weighted by molar-refractivity contribution is 9.10. The molecule has 1 aromatic carbocycles. The molecule has 0 N–H and O–H groups in total. The summed E-state index contributed by atoms with van der Waals surface area (Å²) in [7, 11) is 0. The zero-order valence-corrected chi connectivity index (χ0v) is 10.5. The van der Waals surface area contributed by atoms with Gasteiger partial charge in [0, 0.05) is 11.8 Å². The van der Waals surface area contributed by atoms with Gasteiger partial charge in [-0.2, -0.15) is 0 Å². The number of rotatable bonds is 1. The van der Waals surface area contributed by atoms with E-state index < -0.39 is 0 Å². The van der Waals surface area contributed by atoms with Crippen LogP contribution in [0.1, 0.15) is 0 Å². The van der Waals surface area contributed by atoms with Crippen molar-refractivity contribution >= 4 is 15.9 Å². The third-order valence-corrected chi connectivity index (χ3v) is 2.86. The Morgan fingerprint density at radius 1 is 1.06 bits per heavy atom. The molecule has 1 aromatic heterocycles. The lowest BCUT2D eigenvalue weighted by Gasteiger charge is -2.18. The van der Waals surface area contributed by atoms with Gasteiger partial charge in [-0.15, -0.1) is 0 Å². The summed E-state index contributed by atoms with van der Waals surface area (Å²) in [6, 6.07) is 7.50. The molecular weight excluding hydrogens is 284 g/mol. The predicted molar refractivity (Wildman–Crippen MR) is 66.2 cm³/mol. The second-order valence-corrected chi connectivity index (χ2v) is 4.37. The Morgan fingerprint density at radius 2 is 1.88 bits per heavy atom. The van der Waals surface area contributed by atoms with Crippen LogP contribution in [0.4, 0.5) is 0 Å². The van der Waals surface area contributed by atoms with Gasteiger partial charge in [-0.25, -0.2) is 9.97 Å². The fraction of sp³-hybridized carbons (Fsp3) is 0.167. The van der Waals surface area contributed by atoms with Gasteiger partial charge in [0.15, 0.2) is 17.3 Å². The van der Waals surface area contributed by atoms with Crippen LogP contribution in [0, 0.1) is 0 Å². The summed E-state index contributed by atoms with van der Waals surface area (Å²) in [5.41, 5.74) is 0.913. The van der Waals surface area contributed by atoms with Crippen molar-refractivity contribution in [1.29, 1.82) is 0 Å². The lowest BCUT2D eigenvalue weighted by molar-refractivity contribution is 0.171. The molecule has 3 rings (SSSR count). The molecule has 2 aromatic rings. The van der Waals surface area contributed by atoms with Crippen LogP contribution in [-0.2, 0) is 0 Å². The molecule has 17 heavy (non-hydrogen) atoms. The Balaban J connectivity index is 2.04. The topological polar surface area (TPSA) is 44.2 Å². The number of nitrogens with zero attached hydrogens (tertiary/aromatic N) is 2. The summed E-state index contributed by atoms with van der Waals surface area (Å²) in [5.74, 6) is 2.18. The molecular formula is C12H9BrN2O2. The SMILES string of the molecule is Brc1ccnc(-c2ccc3c(c2)OCCO3)n1. The number of halogens is 1. The van der Waals surface area contributed by atoms with E-state index in [2.05, 4.69) is 25.9 Å². The van der Waals surface area contributed by atoms with E-state index >= 15 is 0 Å². The summed E-state index contributed by atoms with van der Waals surface area (Å²) in [4.78, 5) is 8.52. The number of fused-ring (bicyclic) bond motifs is 1. The first-order chi connectivity index (χ1) is 8.33. The molecule has 0 amide bonds. The van der Waals surface area contributed by atoms with Crippen molar-refractivity contribution in [3.63, 3.8) is 0 Å². The molecule has 0 saturated carbocycles. The lowest BCUT2D eigenvalue weighted by atomic mass is 10.2. The van der Waals surface area contributed by atoms with Gasteiger partial charge in [0.1, 0.15) is 17.8 Å². The van der Waals surface area contributed by atoms with E-state index in [-0.39, 0.29) is 0 Å². The molecule has 1 aliphatic rings. The van der Waals surface area contributed by atoms with Gasteiger partial charge in [-0.05, 0) is 40.2 Å². The standard InChI is InChI=1S/C12H9BrN2O2/c13-11-3-4-14-12(15-11)8-1-2-9-10(7-8)17-6-5-16-9/h1-4,7H,5-6H2. The predicted octanol–water partition coefficient (Wildman–Crippen LogP) is 2.68. The van der Waals surface area contributed by atoms with Crippen molar-refractivity contribution in [3.05, 3.63) is 35.1 Å². The van der Waals surface area contributed by atoms with Crippen LogP contribution in [0.25, 0.3) is 11.4 Å². The van der Waals surface area contributed by atoms with Crippen molar-refractivity contribution in [2.24, 2.45) is 0 Å². The summed E-state index contributed by atoms with van der Waals surface area (Å²) in [6.45, 7) is 1.18. The molecule has 0 atom stereocenters. The number of hydrogen-bond acceptors (Lipinski definition) is 4. The van der Waals surface area contributed by atoms with Gasteiger partial charge in [-0.1, -0.05) is 0 Å². The molecule has 0 saturated heterocycles. The largest absolute Gasteiger partial charge is 0.486 e. The number of benzene rings is 1. The molecule has 5 heteroatoms. The molecule has 0 fully saturated rings. The van der Waals surface area contributed by atoms with Gasteiger partial charge in [0.2, 0.25) is 0 Å². The maximum absolute atomic E-state index is 5.52. The van der Waals surface area contributed by atoms with Crippen molar-refractivity contribution in [2.45, 2.75) is 0 Å². The van der Waals surface area contributed by atoms with Crippen LogP contribution in [0.3, 0.4) is 0 Å². The minimum absolute atomic E-state index is 0.579. The second kappa shape index (κ2) is 4.33. The zero-order chi connectivity index (χ0) is 11.7. The smallest absolute Gasteiger partial charge is 0.162 e. The maximum atomic E-state index is 5.52. The van der Waals surface area contributed by atoms with E-state index in [1.54, 1.807) is 12.3 Å². The Labute approximate surface area is 107 Å². The normalized spacial score (nSPS) is 13.5. The molecule has 4 nitrogen and oxygen atoms in total. The van der Waals surface area contributed by atoms with E-state index in [1.807, 2.05) is 18.2 Å². The first kappa shape index (κ1) is 10.5. The van der Waals surface area contributed by atoms with Gasteiger partial charge in [0.05, 0.1) is 0 Å². The van der Waals surface area contributed by atoms with Crippen LogP contribution < -0.4 is 9.47 Å². The highest BCUT2D eigenvalue weighted by atomic mass is 79.9. The number of ether oxygens (including phenoxy) is 2. The lowest BCUT2D eigenvalue weighted by Crippen LogP contribution is -2.15. The number of aromatic nitrogens is 2. The first-order valence-electron chi connectivity index (χ1n) is 5.21. The van der Waals surface area contributed by atoms with E-state index in [4.69, 9.17) is 9.47 Å². The van der Waals surface area contributed by atoms with Crippen LogP contribution in [0.2, 0.25) is 0 Å². The molecule has 0 spiro atoms. The first-order valence-corrected chi connectivity index (χ1v) is 6.01. The van der Waals surface area contributed by atoms with Crippen molar-refractivity contribution in [3.8, 4) is 22.9 Å². The minimum atomic E-state index is 0.579. The Kier molecular flexibility index (Phi) is 2.68. The second-order valence-electron chi connectivity index (χ2n) is 3.56. The monoisotopic (exact) mass is 292 g/mol. The summed E-state index contributed by atoms with van der Waals surface area (Å²) in [5, 5.41) is 0. The van der Waals surface area contributed by atoms with Crippen molar-refractivity contribution in [1.82, 2.24) is 9.97 Å². The zero-order valence-electron chi connectivity index (χ0n) is 8.89. The van der Waals surface area contributed by atoms with E-state index in [0.717, 1.165) is 21.7 Å². The fourth-order valence-electron chi connectivity index (χ4n) is 1.66. The van der Waals surface area contributed by atoms with E-state index in [9.17, 15) is 0 Å². The van der Waals surface area contributed by atoms with Crippen LogP contribution in [0.15, 0.2) is 35.1 Å². The Bertz CT molecular complexity index is 560. The number of hydrogen-bond donors (Lipinski definition) is 0. The quantitative estimate of drug-likeness (QED) is 0.758. The van der Waals surface area contributed by atoms with Gasteiger partial charge in [-0.3, -0.25) is 0 Å². The molecule has 0 unspecified atom stereocenters.